The van der Waals surface area contributed by atoms with E-state index in [1.165, 1.54) is 26.4 Å². The zero-order chi connectivity index (χ0) is 18.0. The Bertz CT molecular complexity index is 1040. The number of nitrogens with one attached hydrogen (secondary N) is 1. The first-order chi connectivity index (χ1) is 12.0. The fourth-order valence-corrected chi connectivity index (χ4v) is 3.11. The molecule has 0 aliphatic rings. The second-order valence-electron chi connectivity index (χ2n) is 5.11. The largest absolute Gasteiger partial charge is 0.497 e. The fraction of sp³-hybridized carbons (Fsp3) is 0.118. The molecule has 2 heterocycles. The van der Waals surface area contributed by atoms with Crippen LogP contribution in [0.2, 0.25) is 0 Å². The molecule has 0 aliphatic heterocycles. The van der Waals surface area contributed by atoms with Gasteiger partial charge in [-0.05, 0) is 24.3 Å². The van der Waals surface area contributed by atoms with Crippen molar-refractivity contribution in [3.05, 3.63) is 61.2 Å². The lowest BCUT2D eigenvalue weighted by atomic mass is 10.1. The summed E-state index contributed by atoms with van der Waals surface area (Å²) >= 11 is 1.06. The second-order valence-corrected chi connectivity index (χ2v) is 6.20. The molecule has 0 bridgehead atoms. The van der Waals surface area contributed by atoms with E-state index in [0.717, 1.165) is 11.3 Å². The van der Waals surface area contributed by atoms with Crippen LogP contribution in [0.1, 0.15) is 10.6 Å². The summed E-state index contributed by atoms with van der Waals surface area (Å²) in [6.45, 7) is 0. The van der Waals surface area contributed by atoms with E-state index in [0.29, 0.717) is 33.0 Å². The third-order valence-corrected chi connectivity index (χ3v) is 4.57. The van der Waals surface area contributed by atoms with E-state index in [1.807, 2.05) is 0 Å². The van der Waals surface area contributed by atoms with Crippen molar-refractivity contribution in [3.63, 3.8) is 0 Å². The van der Waals surface area contributed by atoms with Gasteiger partial charge in [-0.2, -0.15) is 0 Å². The van der Waals surface area contributed by atoms with E-state index >= 15 is 0 Å². The molecule has 8 heteroatoms. The molecule has 25 heavy (non-hydrogen) atoms. The van der Waals surface area contributed by atoms with Gasteiger partial charge < -0.3 is 14.5 Å². The number of rotatable bonds is 5. The number of methoxy groups -OCH3 is 2. The van der Waals surface area contributed by atoms with Crippen molar-refractivity contribution in [2.75, 3.05) is 14.2 Å². The van der Waals surface area contributed by atoms with Crippen molar-refractivity contribution >= 4 is 39.4 Å². The molecule has 2 aromatic heterocycles. The lowest BCUT2D eigenvalue weighted by Crippen LogP contribution is -2.04. The minimum atomic E-state index is -0.432. The summed E-state index contributed by atoms with van der Waals surface area (Å²) in [6, 6.07) is 7.90. The van der Waals surface area contributed by atoms with Crippen LogP contribution in [0.25, 0.3) is 23.1 Å². The van der Waals surface area contributed by atoms with Gasteiger partial charge in [-0.1, -0.05) is 11.3 Å². The molecule has 0 spiro atoms. The molecule has 0 amide bonds. The Morgan fingerprint density at radius 2 is 1.96 bits per heavy atom. The maximum Gasteiger partial charge on any atom is 0.324 e. The van der Waals surface area contributed by atoms with Crippen LogP contribution in [0.5, 0.6) is 11.5 Å². The minimum Gasteiger partial charge on any atom is -0.497 e. The monoisotopic (exact) mass is 358 g/mol. The van der Waals surface area contributed by atoms with Gasteiger partial charge in [0.15, 0.2) is 5.43 Å². The number of nitro groups is 1. The third-order valence-electron chi connectivity index (χ3n) is 3.57. The first-order valence-electron chi connectivity index (χ1n) is 7.23. The fourth-order valence-electron chi connectivity index (χ4n) is 2.38. The smallest absolute Gasteiger partial charge is 0.324 e. The van der Waals surface area contributed by atoms with E-state index in [1.54, 1.807) is 30.4 Å². The maximum absolute atomic E-state index is 12.4. The highest BCUT2D eigenvalue weighted by Gasteiger charge is 2.10. The van der Waals surface area contributed by atoms with Crippen LogP contribution in [0.3, 0.4) is 0 Å². The third kappa shape index (κ3) is 3.38. The first-order valence-corrected chi connectivity index (χ1v) is 8.05. The molecule has 1 N–H and O–H groups in total. The molecule has 1 aromatic carbocycles. The van der Waals surface area contributed by atoms with Crippen LogP contribution in [-0.2, 0) is 0 Å². The van der Waals surface area contributed by atoms with Crippen molar-refractivity contribution in [1.29, 1.82) is 0 Å². The Balaban J connectivity index is 2.03. The van der Waals surface area contributed by atoms with Gasteiger partial charge in [0.1, 0.15) is 11.5 Å². The van der Waals surface area contributed by atoms with E-state index < -0.39 is 4.92 Å². The summed E-state index contributed by atoms with van der Waals surface area (Å²) in [7, 11) is 3.03. The summed E-state index contributed by atoms with van der Waals surface area (Å²) < 4.78 is 10.5. The van der Waals surface area contributed by atoms with E-state index in [-0.39, 0.29) is 10.4 Å². The van der Waals surface area contributed by atoms with Crippen molar-refractivity contribution in [2.45, 2.75) is 0 Å². The Morgan fingerprint density at radius 3 is 2.60 bits per heavy atom. The van der Waals surface area contributed by atoms with Crippen LogP contribution < -0.4 is 14.9 Å². The number of benzene rings is 1. The summed E-state index contributed by atoms with van der Waals surface area (Å²) in [5.74, 6) is 1.03. The van der Waals surface area contributed by atoms with Crippen LogP contribution >= 0.6 is 11.3 Å². The molecule has 0 radical (unpaired) electrons. The SMILES string of the molecule is COc1cc(OC)c2[nH]c(/C=C/c3ccc([N+](=O)[O-])s3)cc(=O)c2c1. The molecule has 7 nitrogen and oxygen atoms in total. The Hall–Kier alpha value is -3.13. The minimum absolute atomic E-state index is 0.0698. The van der Waals surface area contributed by atoms with Crippen LogP contribution in [0, 0.1) is 10.1 Å². The molecule has 3 rings (SSSR count). The zero-order valence-corrected chi connectivity index (χ0v) is 14.3. The number of H-pyrrole nitrogens is 1. The van der Waals surface area contributed by atoms with Gasteiger partial charge in [-0.15, -0.1) is 0 Å². The number of fused-ring (bicyclic) bond motifs is 1. The van der Waals surface area contributed by atoms with Crippen molar-refractivity contribution in [1.82, 2.24) is 4.98 Å². The molecule has 128 valence electrons. The molecular formula is C17H14N2O5S. The lowest BCUT2D eigenvalue weighted by molar-refractivity contribution is -0.380. The normalized spacial score (nSPS) is 11.1. The highest BCUT2D eigenvalue weighted by atomic mass is 32.1. The van der Waals surface area contributed by atoms with Gasteiger partial charge in [0.2, 0.25) is 0 Å². The molecule has 0 unspecified atom stereocenters. The number of thiophene rings is 1. The number of hydrogen-bond donors (Lipinski definition) is 1. The summed E-state index contributed by atoms with van der Waals surface area (Å²) in [4.78, 5) is 26.5. The number of ether oxygens (including phenoxy) is 2. The number of nitrogens with zero attached hydrogens (tertiary/aromatic N) is 1. The Morgan fingerprint density at radius 1 is 1.16 bits per heavy atom. The molecule has 3 aromatic rings. The number of pyridine rings is 1. The highest BCUT2D eigenvalue weighted by Crippen LogP contribution is 2.29. The van der Waals surface area contributed by atoms with Gasteiger partial charge in [0, 0.05) is 28.8 Å². The predicted octanol–water partition coefficient (Wildman–Crippen LogP) is 3.69. The number of hydrogen-bond acceptors (Lipinski definition) is 6. The molecule has 0 fully saturated rings. The number of aromatic nitrogens is 1. The summed E-state index contributed by atoms with van der Waals surface area (Å²) in [5, 5.41) is 11.3. The average Bonchev–Trinajstić information content (AvgIpc) is 3.08. The van der Waals surface area contributed by atoms with Gasteiger partial charge >= 0.3 is 5.00 Å². The Kier molecular flexibility index (Phi) is 4.53. The van der Waals surface area contributed by atoms with E-state index in [2.05, 4.69) is 4.98 Å². The van der Waals surface area contributed by atoms with E-state index in [9.17, 15) is 14.9 Å². The summed E-state index contributed by atoms with van der Waals surface area (Å²) in [6.07, 6.45) is 3.41. The van der Waals surface area contributed by atoms with Crippen molar-refractivity contribution in [2.24, 2.45) is 0 Å². The molecule has 0 saturated heterocycles. The lowest BCUT2D eigenvalue weighted by Gasteiger charge is -2.09. The second kappa shape index (κ2) is 6.78. The van der Waals surface area contributed by atoms with Crippen LogP contribution in [0.15, 0.2) is 35.1 Å². The topological polar surface area (TPSA) is 94.5 Å². The van der Waals surface area contributed by atoms with E-state index in [4.69, 9.17) is 9.47 Å². The molecule has 0 aliphatic carbocycles. The standard InChI is InChI=1S/C17H14N2O5S/c1-23-11-8-13-14(20)7-10(18-17(13)15(9-11)24-2)3-4-12-5-6-16(25-12)19(21)22/h3-9H,1-2H3,(H,18,20)/b4-3+. The van der Waals surface area contributed by atoms with Gasteiger partial charge in [0.05, 0.1) is 30.0 Å². The van der Waals surface area contributed by atoms with Crippen molar-refractivity contribution < 1.29 is 14.4 Å². The molecular weight excluding hydrogens is 344 g/mol. The van der Waals surface area contributed by atoms with Crippen LogP contribution in [0.4, 0.5) is 5.00 Å². The molecule has 0 atom stereocenters. The quantitative estimate of drug-likeness (QED) is 0.554. The number of aromatic amines is 1. The average molecular weight is 358 g/mol. The highest BCUT2D eigenvalue weighted by molar-refractivity contribution is 7.16. The van der Waals surface area contributed by atoms with Crippen LogP contribution in [-0.4, -0.2) is 24.1 Å². The van der Waals surface area contributed by atoms with Crippen molar-refractivity contribution in [3.8, 4) is 11.5 Å². The summed E-state index contributed by atoms with van der Waals surface area (Å²) in [5.41, 5.74) is 0.951. The Labute approximate surface area is 146 Å². The zero-order valence-electron chi connectivity index (χ0n) is 13.4. The predicted molar refractivity (Wildman–Crippen MR) is 97.6 cm³/mol. The first kappa shape index (κ1) is 16.7. The van der Waals surface area contributed by atoms with Gasteiger partial charge in [0.25, 0.3) is 0 Å². The maximum atomic E-state index is 12.4. The van der Waals surface area contributed by atoms with Gasteiger partial charge in [-0.25, -0.2) is 0 Å². The molecule has 0 saturated carbocycles. The van der Waals surface area contributed by atoms with Gasteiger partial charge in [-0.3, -0.25) is 14.9 Å².